The Bertz CT molecular complexity index is 286. The quantitative estimate of drug-likeness (QED) is 0.705. The molecule has 0 N–H and O–H groups in total. The van der Waals surface area contributed by atoms with Crippen LogP contribution in [0, 0.1) is 0 Å². The summed E-state index contributed by atoms with van der Waals surface area (Å²) >= 11 is 3.72. The highest BCUT2D eigenvalue weighted by Gasteiger charge is 2.08. The lowest BCUT2D eigenvalue weighted by atomic mass is 10.1. The third-order valence-corrected chi connectivity index (χ3v) is 3.29. The van der Waals surface area contributed by atoms with Gasteiger partial charge < -0.3 is 4.74 Å². The summed E-state index contributed by atoms with van der Waals surface area (Å²) in [6.07, 6.45) is 4.82. The predicted octanol–water partition coefficient (Wildman–Crippen LogP) is 4.19. The van der Waals surface area contributed by atoms with E-state index in [0.29, 0.717) is 4.83 Å². The largest absolute Gasteiger partial charge is 0.496 e. The van der Waals surface area contributed by atoms with E-state index >= 15 is 0 Å². The van der Waals surface area contributed by atoms with Crippen LogP contribution in [0.3, 0.4) is 0 Å². The molecule has 0 saturated carbocycles. The summed E-state index contributed by atoms with van der Waals surface area (Å²) < 4.78 is 5.33. The molecule has 0 aliphatic heterocycles. The van der Waals surface area contributed by atoms with Gasteiger partial charge in [0.2, 0.25) is 0 Å². The van der Waals surface area contributed by atoms with Crippen molar-refractivity contribution in [3.05, 3.63) is 29.8 Å². The van der Waals surface area contributed by atoms with Crippen molar-refractivity contribution in [2.45, 2.75) is 37.4 Å². The number of methoxy groups -OCH3 is 1. The summed E-state index contributed by atoms with van der Waals surface area (Å²) in [4.78, 5) is 0.564. The maximum atomic E-state index is 5.33. The number of unbranched alkanes of at least 4 members (excludes halogenated alkanes) is 1. The second-order valence-electron chi connectivity index (χ2n) is 3.76. The van der Waals surface area contributed by atoms with E-state index in [1.54, 1.807) is 7.11 Å². The van der Waals surface area contributed by atoms with Gasteiger partial charge in [0.15, 0.2) is 0 Å². The third-order valence-electron chi connectivity index (χ3n) is 2.50. The van der Waals surface area contributed by atoms with Crippen LogP contribution in [0.1, 0.15) is 31.7 Å². The first kappa shape index (κ1) is 12.6. The molecule has 1 atom stereocenters. The Morgan fingerprint density at radius 2 is 2.07 bits per heavy atom. The minimum atomic E-state index is 0.564. The fourth-order valence-corrected chi connectivity index (χ4v) is 2.31. The zero-order chi connectivity index (χ0) is 11.1. The SMILES string of the molecule is CCCCC(Br)Cc1ccccc1OC. The van der Waals surface area contributed by atoms with Crippen molar-refractivity contribution in [2.75, 3.05) is 7.11 Å². The Kier molecular flexibility index (Phi) is 5.77. The van der Waals surface area contributed by atoms with E-state index in [-0.39, 0.29) is 0 Å². The van der Waals surface area contributed by atoms with E-state index in [1.165, 1.54) is 24.8 Å². The fraction of sp³-hybridized carbons (Fsp3) is 0.538. The number of rotatable bonds is 6. The maximum absolute atomic E-state index is 5.33. The van der Waals surface area contributed by atoms with Gasteiger partial charge >= 0.3 is 0 Å². The van der Waals surface area contributed by atoms with Gasteiger partial charge in [-0.15, -0.1) is 0 Å². The first-order valence-electron chi connectivity index (χ1n) is 5.54. The number of hydrogen-bond donors (Lipinski definition) is 0. The molecule has 2 heteroatoms. The minimum Gasteiger partial charge on any atom is -0.496 e. The number of ether oxygens (including phenoxy) is 1. The van der Waals surface area contributed by atoms with Gasteiger partial charge in [-0.1, -0.05) is 53.9 Å². The number of para-hydroxylation sites is 1. The van der Waals surface area contributed by atoms with Gasteiger partial charge in [0.05, 0.1) is 7.11 Å². The van der Waals surface area contributed by atoms with E-state index < -0.39 is 0 Å². The van der Waals surface area contributed by atoms with Crippen LogP contribution < -0.4 is 4.74 Å². The average Bonchev–Trinajstić information content (AvgIpc) is 2.27. The zero-order valence-corrected chi connectivity index (χ0v) is 11.1. The van der Waals surface area contributed by atoms with Gasteiger partial charge in [0.1, 0.15) is 5.75 Å². The van der Waals surface area contributed by atoms with Gasteiger partial charge in [-0.05, 0) is 24.5 Å². The van der Waals surface area contributed by atoms with Crippen molar-refractivity contribution in [1.82, 2.24) is 0 Å². The highest BCUT2D eigenvalue weighted by atomic mass is 79.9. The Morgan fingerprint density at radius 3 is 2.73 bits per heavy atom. The molecular formula is C13H19BrO. The molecule has 84 valence electrons. The van der Waals surface area contributed by atoms with Crippen LogP contribution in [-0.2, 0) is 6.42 Å². The molecule has 0 saturated heterocycles. The van der Waals surface area contributed by atoms with Crippen molar-refractivity contribution >= 4 is 15.9 Å². The molecule has 0 spiro atoms. The lowest BCUT2D eigenvalue weighted by molar-refractivity contribution is 0.409. The zero-order valence-electron chi connectivity index (χ0n) is 9.50. The molecule has 0 amide bonds. The third kappa shape index (κ3) is 4.25. The van der Waals surface area contributed by atoms with Gasteiger partial charge in [0, 0.05) is 4.83 Å². The van der Waals surface area contributed by atoms with Gasteiger partial charge in [-0.3, -0.25) is 0 Å². The molecule has 0 aliphatic carbocycles. The number of alkyl halides is 1. The molecule has 1 aromatic carbocycles. The van der Waals surface area contributed by atoms with Crippen LogP contribution in [0.15, 0.2) is 24.3 Å². The average molecular weight is 271 g/mol. The second-order valence-corrected chi connectivity index (χ2v) is 5.05. The maximum Gasteiger partial charge on any atom is 0.122 e. The molecule has 1 rings (SSSR count). The van der Waals surface area contributed by atoms with Gasteiger partial charge in [-0.25, -0.2) is 0 Å². The second kappa shape index (κ2) is 6.89. The highest BCUT2D eigenvalue weighted by Crippen LogP contribution is 2.23. The van der Waals surface area contributed by atoms with E-state index in [2.05, 4.69) is 35.0 Å². The summed E-state index contributed by atoms with van der Waals surface area (Å²) in [7, 11) is 1.73. The monoisotopic (exact) mass is 270 g/mol. The van der Waals surface area contributed by atoms with Crippen LogP contribution >= 0.6 is 15.9 Å². The molecule has 1 aromatic rings. The van der Waals surface area contributed by atoms with E-state index in [1.807, 2.05) is 12.1 Å². The van der Waals surface area contributed by atoms with E-state index in [4.69, 9.17) is 4.74 Å². The molecule has 0 heterocycles. The number of hydrogen-bond acceptors (Lipinski definition) is 1. The lowest BCUT2D eigenvalue weighted by Gasteiger charge is -2.12. The van der Waals surface area contributed by atoms with E-state index in [0.717, 1.165) is 12.2 Å². The van der Waals surface area contributed by atoms with Crippen LogP contribution in [0.5, 0.6) is 5.75 Å². The molecule has 1 unspecified atom stereocenters. The summed E-state index contributed by atoms with van der Waals surface area (Å²) in [6.45, 7) is 2.23. The number of halogens is 1. The molecule has 1 nitrogen and oxygen atoms in total. The van der Waals surface area contributed by atoms with E-state index in [9.17, 15) is 0 Å². The Labute approximate surface area is 101 Å². The number of benzene rings is 1. The summed E-state index contributed by atoms with van der Waals surface area (Å²) in [6, 6.07) is 8.24. The lowest BCUT2D eigenvalue weighted by Crippen LogP contribution is -2.04. The van der Waals surface area contributed by atoms with Crippen molar-refractivity contribution in [3.8, 4) is 5.75 Å². The summed E-state index contributed by atoms with van der Waals surface area (Å²) in [5.74, 6) is 0.999. The predicted molar refractivity (Wildman–Crippen MR) is 68.9 cm³/mol. The van der Waals surface area contributed by atoms with Gasteiger partial charge in [0.25, 0.3) is 0 Å². The van der Waals surface area contributed by atoms with Crippen molar-refractivity contribution in [2.24, 2.45) is 0 Å². The summed E-state index contributed by atoms with van der Waals surface area (Å²) in [5, 5.41) is 0. The summed E-state index contributed by atoms with van der Waals surface area (Å²) in [5.41, 5.74) is 1.29. The van der Waals surface area contributed by atoms with Gasteiger partial charge in [-0.2, -0.15) is 0 Å². The van der Waals surface area contributed by atoms with Crippen LogP contribution in [-0.4, -0.2) is 11.9 Å². The normalized spacial score (nSPS) is 12.5. The standard InChI is InChI=1S/C13H19BrO/c1-3-4-8-12(14)10-11-7-5-6-9-13(11)15-2/h5-7,9,12H,3-4,8,10H2,1-2H3. The molecular weight excluding hydrogens is 252 g/mol. The Balaban J connectivity index is 2.55. The topological polar surface area (TPSA) is 9.23 Å². The molecule has 0 aliphatic rings. The molecule has 0 bridgehead atoms. The highest BCUT2D eigenvalue weighted by molar-refractivity contribution is 9.09. The minimum absolute atomic E-state index is 0.564. The molecule has 15 heavy (non-hydrogen) atoms. The fourth-order valence-electron chi connectivity index (χ4n) is 1.64. The first-order chi connectivity index (χ1) is 7.27. The van der Waals surface area contributed by atoms with Crippen LogP contribution in [0.2, 0.25) is 0 Å². The first-order valence-corrected chi connectivity index (χ1v) is 6.45. The molecule has 0 fully saturated rings. The van der Waals surface area contributed by atoms with Crippen molar-refractivity contribution < 1.29 is 4.74 Å². The van der Waals surface area contributed by atoms with Crippen molar-refractivity contribution in [3.63, 3.8) is 0 Å². The Hall–Kier alpha value is -0.500. The van der Waals surface area contributed by atoms with Crippen LogP contribution in [0.25, 0.3) is 0 Å². The smallest absolute Gasteiger partial charge is 0.122 e. The molecule has 0 aromatic heterocycles. The molecule has 0 radical (unpaired) electrons. The van der Waals surface area contributed by atoms with Crippen LogP contribution in [0.4, 0.5) is 0 Å². The Morgan fingerprint density at radius 1 is 1.33 bits per heavy atom. The van der Waals surface area contributed by atoms with Crippen molar-refractivity contribution in [1.29, 1.82) is 0 Å².